The first-order valence-electron chi connectivity index (χ1n) is 9.73. The number of rotatable bonds is 5. The Balaban J connectivity index is 1.77. The van der Waals surface area contributed by atoms with E-state index >= 15 is 0 Å². The summed E-state index contributed by atoms with van der Waals surface area (Å²) in [5.74, 6) is -4.40. The maximum atomic E-state index is 14.4. The Kier molecular flexibility index (Phi) is 5.70. The van der Waals surface area contributed by atoms with Gasteiger partial charge < -0.3 is 10.6 Å². The zero-order valence-electron chi connectivity index (χ0n) is 17.2. The van der Waals surface area contributed by atoms with E-state index in [9.17, 15) is 27.6 Å². The van der Waals surface area contributed by atoms with Crippen molar-refractivity contribution in [2.45, 2.75) is 6.92 Å². The van der Waals surface area contributed by atoms with Crippen LogP contribution in [0.15, 0.2) is 72.4 Å². The fourth-order valence-corrected chi connectivity index (χ4v) is 3.39. The van der Waals surface area contributed by atoms with Gasteiger partial charge in [-0.2, -0.15) is 0 Å². The molecule has 0 aliphatic carbocycles. The smallest absolute Gasteiger partial charge is 0.282 e. The Morgan fingerprint density at radius 3 is 2.03 bits per heavy atom. The van der Waals surface area contributed by atoms with Gasteiger partial charge in [0.1, 0.15) is 23.1 Å². The SMILES string of the molecule is CC(=O)Nc1ccc(NC2=C(c3ccc(F)cc3)C(=O)N(c3cc(F)ccc3F)C2=O)cc1. The number of carbonyl (C=O) groups excluding carboxylic acids is 3. The molecule has 3 aromatic carbocycles. The van der Waals surface area contributed by atoms with Crippen molar-refractivity contribution >= 4 is 40.4 Å². The highest BCUT2D eigenvalue weighted by atomic mass is 19.1. The molecule has 3 aromatic rings. The van der Waals surface area contributed by atoms with Gasteiger partial charge in [-0.25, -0.2) is 18.1 Å². The second kappa shape index (κ2) is 8.62. The molecule has 4 rings (SSSR count). The molecule has 6 nitrogen and oxygen atoms in total. The number of halogens is 3. The normalized spacial score (nSPS) is 13.5. The van der Waals surface area contributed by atoms with Crippen LogP contribution in [0, 0.1) is 17.5 Å². The third kappa shape index (κ3) is 4.33. The molecule has 0 radical (unpaired) electrons. The third-order valence-electron chi connectivity index (χ3n) is 4.84. The summed E-state index contributed by atoms with van der Waals surface area (Å²) in [5, 5.41) is 5.44. The molecule has 9 heteroatoms. The largest absolute Gasteiger partial charge is 0.350 e. The molecule has 1 heterocycles. The van der Waals surface area contributed by atoms with Gasteiger partial charge in [0.25, 0.3) is 11.8 Å². The molecule has 2 N–H and O–H groups in total. The molecule has 3 amide bonds. The maximum Gasteiger partial charge on any atom is 0.282 e. The van der Waals surface area contributed by atoms with Gasteiger partial charge in [0, 0.05) is 24.4 Å². The standard InChI is InChI=1S/C24H16F3N3O3/c1-13(31)28-17-7-9-18(10-8-17)29-22-21(14-2-4-15(25)5-3-14)23(32)30(24(22)33)20-12-16(26)6-11-19(20)27/h2-12,29H,1H3,(H,28,31). The molecule has 0 spiro atoms. The molecular weight excluding hydrogens is 435 g/mol. The van der Waals surface area contributed by atoms with E-state index in [4.69, 9.17) is 0 Å². The molecule has 1 aliphatic heterocycles. The molecule has 166 valence electrons. The van der Waals surface area contributed by atoms with Crippen LogP contribution in [-0.2, 0) is 14.4 Å². The first-order chi connectivity index (χ1) is 15.7. The fraction of sp³-hybridized carbons (Fsp3) is 0.0417. The van der Waals surface area contributed by atoms with Gasteiger partial charge in [0.2, 0.25) is 5.91 Å². The van der Waals surface area contributed by atoms with Crippen LogP contribution in [0.5, 0.6) is 0 Å². The van der Waals surface area contributed by atoms with Crippen molar-refractivity contribution in [3.05, 3.63) is 95.4 Å². The Labute approximate surface area is 186 Å². The summed E-state index contributed by atoms with van der Waals surface area (Å²) in [4.78, 5) is 38.2. The quantitative estimate of drug-likeness (QED) is 0.562. The summed E-state index contributed by atoms with van der Waals surface area (Å²) in [7, 11) is 0. The lowest BCUT2D eigenvalue weighted by Crippen LogP contribution is -2.33. The monoisotopic (exact) mass is 451 g/mol. The van der Waals surface area contributed by atoms with Crippen molar-refractivity contribution in [3.8, 4) is 0 Å². The van der Waals surface area contributed by atoms with Gasteiger partial charge in [-0.05, 0) is 54.1 Å². The van der Waals surface area contributed by atoms with Crippen LogP contribution < -0.4 is 15.5 Å². The van der Waals surface area contributed by atoms with Crippen LogP contribution in [0.1, 0.15) is 12.5 Å². The van der Waals surface area contributed by atoms with E-state index in [0.717, 1.165) is 30.3 Å². The lowest BCUT2D eigenvalue weighted by atomic mass is 10.0. The van der Waals surface area contributed by atoms with E-state index in [-0.39, 0.29) is 22.7 Å². The number of imide groups is 1. The van der Waals surface area contributed by atoms with Gasteiger partial charge in [-0.3, -0.25) is 14.4 Å². The number of carbonyl (C=O) groups is 3. The number of hydrogen-bond donors (Lipinski definition) is 2. The molecule has 0 unspecified atom stereocenters. The first kappa shape index (κ1) is 21.8. The molecule has 33 heavy (non-hydrogen) atoms. The van der Waals surface area contributed by atoms with Crippen molar-refractivity contribution in [1.82, 2.24) is 0 Å². The minimum atomic E-state index is -0.961. The molecule has 0 bridgehead atoms. The number of amides is 3. The number of nitrogens with zero attached hydrogens (tertiary/aromatic N) is 1. The number of anilines is 3. The van der Waals surface area contributed by atoms with Crippen LogP contribution >= 0.6 is 0 Å². The minimum Gasteiger partial charge on any atom is -0.350 e. The highest BCUT2D eigenvalue weighted by Gasteiger charge is 2.41. The first-order valence-corrected chi connectivity index (χ1v) is 9.73. The van der Waals surface area contributed by atoms with E-state index in [1.807, 2.05) is 0 Å². The molecule has 0 aromatic heterocycles. The molecule has 0 saturated heterocycles. The van der Waals surface area contributed by atoms with E-state index in [0.29, 0.717) is 16.3 Å². The predicted octanol–water partition coefficient (Wildman–Crippen LogP) is 4.46. The van der Waals surface area contributed by atoms with Gasteiger partial charge >= 0.3 is 0 Å². The van der Waals surface area contributed by atoms with Crippen LogP contribution in [0.3, 0.4) is 0 Å². The minimum absolute atomic E-state index is 0.130. The van der Waals surface area contributed by atoms with Crippen molar-refractivity contribution in [2.75, 3.05) is 15.5 Å². The molecule has 0 saturated carbocycles. The number of nitrogens with one attached hydrogen (secondary N) is 2. The summed E-state index contributed by atoms with van der Waals surface area (Å²) in [5.41, 5.74) is 0.255. The van der Waals surface area contributed by atoms with Crippen molar-refractivity contribution in [1.29, 1.82) is 0 Å². The second-order valence-electron chi connectivity index (χ2n) is 7.18. The Hall–Kier alpha value is -4.40. The van der Waals surface area contributed by atoms with E-state index < -0.39 is 35.0 Å². The molecule has 1 aliphatic rings. The van der Waals surface area contributed by atoms with E-state index in [1.165, 1.54) is 19.1 Å². The average molecular weight is 451 g/mol. The van der Waals surface area contributed by atoms with Gasteiger partial charge in [-0.1, -0.05) is 12.1 Å². The summed E-state index contributed by atoms with van der Waals surface area (Å²) in [6, 6.07) is 13.6. The number of hydrogen-bond acceptors (Lipinski definition) is 4. The van der Waals surface area contributed by atoms with Crippen molar-refractivity contribution in [3.63, 3.8) is 0 Å². The topological polar surface area (TPSA) is 78.5 Å². The third-order valence-corrected chi connectivity index (χ3v) is 4.84. The van der Waals surface area contributed by atoms with Crippen LogP contribution in [0.25, 0.3) is 5.57 Å². The Morgan fingerprint density at radius 2 is 1.39 bits per heavy atom. The molecular formula is C24H16F3N3O3. The molecule has 0 atom stereocenters. The molecule has 0 fully saturated rings. The fourth-order valence-electron chi connectivity index (χ4n) is 3.39. The Morgan fingerprint density at radius 1 is 0.788 bits per heavy atom. The predicted molar refractivity (Wildman–Crippen MR) is 117 cm³/mol. The van der Waals surface area contributed by atoms with E-state index in [2.05, 4.69) is 10.6 Å². The van der Waals surface area contributed by atoms with Crippen LogP contribution in [-0.4, -0.2) is 17.7 Å². The average Bonchev–Trinajstić information content (AvgIpc) is 3.01. The number of benzene rings is 3. The van der Waals surface area contributed by atoms with Crippen LogP contribution in [0.2, 0.25) is 0 Å². The lowest BCUT2D eigenvalue weighted by molar-refractivity contribution is -0.120. The summed E-state index contributed by atoms with van der Waals surface area (Å²) in [6.07, 6.45) is 0. The van der Waals surface area contributed by atoms with E-state index in [1.54, 1.807) is 24.3 Å². The van der Waals surface area contributed by atoms with Crippen LogP contribution in [0.4, 0.5) is 30.2 Å². The van der Waals surface area contributed by atoms with Crippen molar-refractivity contribution in [2.24, 2.45) is 0 Å². The summed E-state index contributed by atoms with van der Waals surface area (Å²) in [6.45, 7) is 1.36. The zero-order chi connectivity index (χ0) is 23.7. The highest BCUT2D eigenvalue weighted by Crippen LogP contribution is 2.35. The summed E-state index contributed by atoms with van der Waals surface area (Å²) < 4.78 is 41.6. The second-order valence-corrected chi connectivity index (χ2v) is 7.18. The lowest BCUT2D eigenvalue weighted by Gasteiger charge is -2.16. The Bertz CT molecular complexity index is 1300. The van der Waals surface area contributed by atoms with Crippen molar-refractivity contribution < 1.29 is 27.6 Å². The maximum absolute atomic E-state index is 14.4. The summed E-state index contributed by atoms with van der Waals surface area (Å²) >= 11 is 0. The van der Waals surface area contributed by atoms with Gasteiger partial charge in [0.15, 0.2) is 0 Å². The highest BCUT2D eigenvalue weighted by molar-refractivity contribution is 6.46. The van der Waals surface area contributed by atoms with Gasteiger partial charge in [0.05, 0.1) is 11.3 Å². The van der Waals surface area contributed by atoms with Gasteiger partial charge in [-0.15, -0.1) is 0 Å². The zero-order valence-corrected chi connectivity index (χ0v) is 17.2.